The number of carbonyl (C=O) groups excluding carboxylic acids is 2. The predicted molar refractivity (Wildman–Crippen MR) is 128 cm³/mol. The first kappa shape index (κ1) is 25.2. The summed E-state index contributed by atoms with van der Waals surface area (Å²) in [5.41, 5.74) is 0.688. The average molecular weight is 495 g/mol. The van der Waals surface area contributed by atoms with Gasteiger partial charge in [0.25, 0.3) is 0 Å². The van der Waals surface area contributed by atoms with Crippen LogP contribution in [0.25, 0.3) is 0 Å². The number of aryl methyl sites for hydroxylation is 1. The Kier molecular flexibility index (Phi) is 8.18. The minimum absolute atomic E-state index is 0.00197. The number of carbonyl (C=O) groups is 2. The summed E-state index contributed by atoms with van der Waals surface area (Å²) in [5, 5.41) is 7.36. The van der Waals surface area contributed by atoms with Crippen LogP contribution >= 0.6 is 11.6 Å². The second-order valence-electron chi connectivity index (χ2n) is 8.89. The molecule has 0 saturated heterocycles. The van der Waals surface area contributed by atoms with Gasteiger partial charge in [-0.1, -0.05) is 43.4 Å². The van der Waals surface area contributed by atoms with E-state index in [1.54, 1.807) is 43.2 Å². The number of hydrogen-bond donors (Lipinski definition) is 1. The third kappa shape index (κ3) is 6.80. The van der Waals surface area contributed by atoms with Crippen molar-refractivity contribution in [2.24, 2.45) is 5.92 Å². The van der Waals surface area contributed by atoms with Crippen molar-refractivity contribution in [1.82, 2.24) is 14.7 Å². The van der Waals surface area contributed by atoms with Gasteiger partial charge >= 0.3 is 0 Å². The Hall–Kier alpha value is -2.39. The molecule has 1 aromatic carbocycles. The lowest BCUT2D eigenvalue weighted by molar-refractivity contribution is -0.129. The van der Waals surface area contributed by atoms with Crippen LogP contribution in [-0.4, -0.2) is 55.3 Å². The largest absolute Gasteiger partial charge is 0.349 e. The average Bonchev–Trinajstić information content (AvgIpc) is 3.41. The molecule has 10 heteroatoms. The molecule has 1 aliphatic carbocycles. The molecule has 0 aliphatic heterocycles. The van der Waals surface area contributed by atoms with Crippen LogP contribution in [0.1, 0.15) is 50.0 Å². The normalized spacial score (nSPS) is 15.4. The fourth-order valence-electron chi connectivity index (χ4n) is 4.21. The maximum Gasteiger partial charge on any atom is 0.233 e. The summed E-state index contributed by atoms with van der Waals surface area (Å²) in [6, 6.07) is 6.43. The molecule has 8 nitrogen and oxygen atoms in total. The number of aromatic nitrogens is 2. The topological polar surface area (TPSA) is 101 Å². The standard InChI is InChI=1S/C23H31ClN4O4S/c1-27(2)22(29)11-13-28-12-10-21(26-28)25-23(30)18(14-16-6-4-5-7-16)17-8-9-20(19(24)15-17)33(3,31)32/h8-10,12,15-16,18H,4-7,11,13-14H2,1-3H3,(H,25,26,30). The highest BCUT2D eigenvalue weighted by Gasteiger charge is 2.28. The molecule has 1 aliphatic rings. The number of nitrogens with one attached hydrogen (secondary N) is 1. The second kappa shape index (κ2) is 10.7. The van der Waals surface area contributed by atoms with E-state index in [1.807, 2.05) is 0 Å². The van der Waals surface area contributed by atoms with E-state index in [4.69, 9.17) is 11.6 Å². The van der Waals surface area contributed by atoms with Crippen LogP contribution in [0.15, 0.2) is 35.4 Å². The van der Waals surface area contributed by atoms with Gasteiger partial charge in [0.15, 0.2) is 15.7 Å². The van der Waals surface area contributed by atoms with Gasteiger partial charge in [-0.15, -0.1) is 0 Å². The minimum Gasteiger partial charge on any atom is -0.349 e. The molecule has 0 radical (unpaired) electrons. The van der Waals surface area contributed by atoms with Gasteiger partial charge in [-0.05, 0) is 30.0 Å². The zero-order valence-electron chi connectivity index (χ0n) is 19.3. The lowest BCUT2D eigenvalue weighted by Crippen LogP contribution is -2.24. The molecule has 1 fully saturated rings. The van der Waals surface area contributed by atoms with Gasteiger partial charge in [0.2, 0.25) is 11.8 Å². The maximum absolute atomic E-state index is 13.3. The fraction of sp³-hybridized carbons (Fsp3) is 0.522. The number of benzene rings is 1. The monoisotopic (exact) mass is 494 g/mol. The summed E-state index contributed by atoms with van der Waals surface area (Å²) in [5.74, 6) is 0.165. The summed E-state index contributed by atoms with van der Waals surface area (Å²) >= 11 is 6.27. The van der Waals surface area contributed by atoms with E-state index in [0.29, 0.717) is 36.7 Å². The van der Waals surface area contributed by atoms with Gasteiger partial charge in [0.05, 0.1) is 15.8 Å². The molecule has 1 heterocycles. The zero-order chi connectivity index (χ0) is 24.2. The smallest absolute Gasteiger partial charge is 0.233 e. The number of sulfone groups is 1. The molecule has 0 spiro atoms. The molecule has 1 aromatic heterocycles. The van der Waals surface area contributed by atoms with Crippen molar-refractivity contribution in [2.75, 3.05) is 25.7 Å². The molecule has 2 amide bonds. The Morgan fingerprint density at radius 2 is 1.94 bits per heavy atom. The third-order valence-corrected chi connectivity index (χ3v) is 7.64. The molecular formula is C23H31ClN4O4S. The highest BCUT2D eigenvalue weighted by Crippen LogP contribution is 2.36. The molecule has 33 heavy (non-hydrogen) atoms. The lowest BCUT2D eigenvalue weighted by atomic mass is 9.87. The van der Waals surface area contributed by atoms with Crippen molar-refractivity contribution >= 4 is 39.1 Å². The Bertz CT molecular complexity index is 1110. The molecule has 1 N–H and O–H groups in total. The third-order valence-electron chi connectivity index (χ3n) is 6.06. The first-order chi connectivity index (χ1) is 15.5. The molecule has 3 rings (SSSR count). The summed E-state index contributed by atoms with van der Waals surface area (Å²) in [7, 11) is -0.0445. The van der Waals surface area contributed by atoms with Crippen molar-refractivity contribution < 1.29 is 18.0 Å². The van der Waals surface area contributed by atoms with E-state index in [1.165, 1.54) is 11.0 Å². The molecule has 0 bridgehead atoms. The molecule has 1 unspecified atom stereocenters. The van der Waals surface area contributed by atoms with E-state index >= 15 is 0 Å². The number of nitrogens with zero attached hydrogens (tertiary/aromatic N) is 3. The molecule has 2 aromatic rings. The highest BCUT2D eigenvalue weighted by atomic mass is 35.5. The first-order valence-corrected chi connectivity index (χ1v) is 13.4. The van der Waals surface area contributed by atoms with Crippen LogP contribution in [-0.2, 0) is 26.0 Å². The highest BCUT2D eigenvalue weighted by molar-refractivity contribution is 7.90. The van der Waals surface area contributed by atoms with E-state index < -0.39 is 15.8 Å². The van der Waals surface area contributed by atoms with Crippen molar-refractivity contribution in [3.63, 3.8) is 0 Å². The van der Waals surface area contributed by atoms with Crippen molar-refractivity contribution in [3.8, 4) is 0 Å². The van der Waals surface area contributed by atoms with Gasteiger partial charge in [0.1, 0.15) is 0 Å². The van der Waals surface area contributed by atoms with Gasteiger partial charge < -0.3 is 10.2 Å². The Morgan fingerprint density at radius 1 is 1.24 bits per heavy atom. The predicted octanol–water partition coefficient (Wildman–Crippen LogP) is 3.72. The van der Waals surface area contributed by atoms with Crippen molar-refractivity contribution in [3.05, 3.63) is 41.0 Å². The van der Waals surface area contributed by atoms with Crippen molar-refractivity contribution in [2.45, 2.75) is 55.9 Å². The van der Waals surface area contributed by atoms with Crippen LogP contribution in [0.5, 0.6) is 0 Å². The number of hydrogen-bond acceptors (Lipinski definition) is 5. The van der Waals surface area contributed by atoms with E-state index in [9.17, 15) is 18.0 Å². The van der Waals surface area contributed by atoms with Crippen molar-refractivity contribution in [1.29, 1.82) is 0 Å². The van der Waals surface area contributed by atoms with E-state index in [-0.39, 0.29) is 21.7 Å². The van der Waals surface area contributed by atoms with Gasteiger partial charge in [0, 0.05) is 45.6 Å². The van der Waals surface area contributed by atoms with Crippen LogP contribution < -0.4 is 5.32 Å². The first-order valence-electron chi connectivity index (χ1n) is 11.1. The number of rotatable bonds is 9. The van der Waals surface area contributed by atoms with Crippen LogP contribution in [0.4, 0.5) is 5.82 Å². The molecular weight excluding hydrogens is 464 g/mol. The Labute approximate surface area is 200 Å². The summed E-state index contributed by atoms with van der Waals surface area (Å²) < 4.78 is 25.5. The minimum atomic E-state index is -3.45. The maximum atomic E-state index is 13.3. The molecule has 1 atom stereocenters. The van der Waals surface area contributed by atoms with Gasteiger partial charge in [-0.3, -0.25) is 14.3 Å². The van der Waals surface area contributed by atoms with E-state index in [0.717, 1.165) is 31.9 Å². The lowest BCUT2D eigenvalue weighted by Gasteiger charge is -2.21. The summed E-state index contributed by atoms with van der Waals surface area (Å²) in [6.07, 6.45) is 8.28. The number of anilines is 1. The zero-order valence-corrected chi connectivity index (χ0v) is 20.8. The Balaban J connectivity index is 1.76. The van der Waals surface area contributed by atoms with Gasteiger partial charge in [-0.25, -0.2) is 8.42 Å². The summed E-state index contributed by atoms with van der Waals surface area (Å²) in [4.78, 5) is 26.7. The SMILES string of the molecule is CN(C)C(=O)CCn1ccc(NC(=O)C(CC2CCCC2)c2ccc(S(C)(=O)=O)c(Cl)c2)n1. The van der Waals surface area contributed by atoms with Crippen LogP contribution in [0.3, 0.4) is 0 Å². The van der Waals surface area contributed by atoms with Crippen LogP contribution in [0.2, 0.25) is 5.02 Å². The second-order valence-corrected chi connectivity index (χ2v) is 11.3. The quantitative estimate of drug-likeness (QED) is 0.572. The number of amides is 2. The summed E-state index contributed by atoms with van der Waals surface area (Å²) in [6.45, 7) is 0.418. The number of halogens is 1. The molecule has 180 valence electrons. The Morgan fingerprint density at radius 3 is 2.55 bits per heavy atom. The molecule has 1 saturated carbocycles. The van der Waals surface area contributed by atoms with Gasteiger partial charge in [-0.2, -0.15) is 5.10 Å². The van der Waals surface area contributed by atoms with Crippen LogP contribution in [0, 0.1) is 5.92 Å². The fourth-order valence-corrected chi connectivity index (χ4v) is 5.55. The van der Waals surface area contributed by atoms with E-state index in [2.05, 4.69) is 10.4 Å².